The zero-order chi connectivity index (χ0) is 24.7. The number of imidazole rings is 1. The van der Waals surface area contributed by atoms with E-state index in [9.17, 15) is 19.4 Å². The number of hydrogen-bond donors (Lipinski definition) is 3. The molecule has 1 aromatic heterocycles. The van der Waals surface area contributed by atoms with Gasteiger partial charge in [0.1, 0.15) is 11.6 Å². The van der Waals surface area contributed by atoms with Gasteiger partial charge in [0.25, 0.3) is 5.91 Å². The van der Waals surface area contributed by atoms with Crippen molar-refractivity contribution in [1.82, 2.24) is 14.9 Å². The molecule has 7 heteroatoms. The molecule has 3 aromatic rings. The van der Waals surface area contributed by atoms with Gasteiger partial charge in [-0.15, -0.1) is 0 Å². The van der Waals surface area contributed by atoms with Crippen molar-refractivity contribution in [3.8, 4) is 11.4 Å². The molecule has 2 unspecified atom stereocenters. The predicted octanol–water partition coefficient (Wildman–Crippen LogP) is 4.65. The van der Waals surface area contributed by atoms with Gasteiger partial charge in [0.2, 0.25) is 0 Å². The van der Waals surface area contributed by atoms with Crippen LogP contribution in [0.3, 0.4) is 0 Å². The van der Waals surface area contributed by atoms with Crippen molar-refractivity contribution in [3.63, 3.8) is 0 Å². The average molecular weight is 468 g/mol. The van der Waals surface area contributed by atoms with E-state index in [1.54, 1.807) is 24.3 Å². The summed E-state index contributed by atoms with van der Waals surface area (Å²) in [5.74, 6) is 0.252. The number of rotatable bonds is 11. The zero-order valence-corrected chi connectivity index (χ0v) is 20.0. The second-order valence-electron chi connectivity index (χ2n) is 8.87. The third kappa shape index (κ3) is 6.52. The van der Waals surface area contributed by atoms with Crippen molar-refractivity contribution in [1.29, 1.82) is 0 Å². The summed E-state index contributed by atoms with van der Waals surface area (Å²) in [4.78, 5) is 17.4. The van der Waals surface area contributed by atoms with E-state index in [1.807, 2.05) is 29.7 Å². The van der Waals surface area contributed by atoms with E-state index in [4.69, 9.17) is 4.98 Å². The van der Waals surface area contributed by atoms with E-state index in [-0.39, 0.29) is 24.2 Å². The van der Waals surface area contributed by atoms with Crippen LogP contribution in [-0.4, -0.2) is 37.9 Å². The van der Waals surface area contributed by atoms with Crippen molar-refractivity contribution in [2.24, 2.45) is 0 Å². The first-order chi connectivity index (χ1) is 16.3. The Kier molecular flexibility index (Phi) is 8.96. The van der Waals surface area contributed by atoms with Crippen LogP contribution in [0.4, 0.5) is 4.39 Å². The van der Waals surface area contributed by atoms with Gasteiger partial charge in [-0.2, -0.15) is 0 Å². The van der Waals surface area contributed by atoms with E-state index >= 15 is 0 Å². The van der Waals surface area contributed by atoms with E-state index < -0.39 is 12.2 Å². The molecule has 0 aliphatic heterocycles. The van der Waals surface area contributed by atoms with Crippen molar-refractivity contribution in [2.45, 2.75) is 71.2 Å². The fourth-order valence-electron chi connectivity index (χ4n) is 4.07. The van der Waals surface area contributed by atoms with Gasteiger partial charge in [0.15, 0.2) is 0 Å². The summed E-state index contributed by atoms with van der Waals surface area (Å²) < 4.78 is 15.6. The maximum absolute atomic E-state index is 13.6. The van der Waals surface area contributed by atoms with Crippen LogP contribution in [0.5, 0.6) is 0 Å². The lowest BCUT2D eigenvalue weighted by Crippen LogP contribution is -2.24. The maximum Gasteiger partial charge on any atom is 0.251 e. The Morgan fingerprint density at radius 1 is 1.06 bits per heavy atom. The molecule has 0 fully saturated rings. The Morgan fingerprint density at radius 3 is 2.35 bits per heavy atom. The van der Waals surface area contributed by atoms with Gasteiger partial charge in [-0.3, -0.25) is 4.79 Å². The molecule has 0 aliphatic carbocycles. The second-order valence-corrected chi connectivity index (χ2v) is 8.87. The fraction of sp³-hybridized carbons (Fsp3) is 0.407. The summed E-state index contributed by atoms with van der Waals surface area (Å²) in [6.07, 6.45) is 0.152. The number of carbonyl (C=O) groups is 1. The van der Waals surface area contributed by atoms with E-state index in [0.717, 1.165) is 17.0 Å². The highest BCUT2D eigenvalue weighted by Gasteiger charge is 2.22. The number of aromatic nitrogens is 2. The molecule has 6 nitrogen and oxygen atoms in total. The van der Waals surface area contributed by atoms with Crippen LogP contribution in [0.2, 0.25) is 0 Å². The number of nitrogens with one attached hydrogen (secondary N) is 1. The summed E-state index contributed by atoms with van der Waals surface area (Å²) in [5.41, 5.74) is 3.02. The monoisotopic (exact) mass is 467 g/mol. The third-order valence-corrected chi connectivity index (χ3v) is 5.89. The summed E-state index contributed by atoms with van der Waals surface area (Å²) in [7, 11) is 0. The van der Waals surface area contributed by atoms with Crippen molar-refractivity contribution in [3.05, 3.63) is 77.4 Å². The Morgan fingerprint density at radius 2 is 1.74 bits per heavy atom. The lowest BCUT2D eigenvalue weighted by atomic mass is 10.1. The SMILES string of the molecule is CCC(O)CC(O)CCn1c(-c2ccc(F)cc2)nc(CNC(=O)c2ccccc2)c1C(C)C. The summed E-state index contributed by atoms with van der Waals surface area (Å²) in [6, 6.07) is 15.2. The number of amides is 1. The molecule has 182 valence electrons. The van der Waals surface area contributed by atoms with Crippen molar-refractivity contribution in [2.75, 3.05) is 0 Å². The smallest absolute Gasteiger partial charge is 0.251 e. The van der Waals surface area contributed by atoms with Gasteiger partial charge in [0, 0.05) is 23.4 Å². The van der Waals surface area contributed by atoms with Gasteiger partial charge in [-0.1, -0.05) is 39.0 Å². The fourth-order valence-corrected chi connectivity index (χ4v) is 4.07. The zero-order valence-electron chi connectivity index (χ0n) is 20.0. The minimum atomic E-state index is -0.653. The molecular formula is C27H34FN3O3. The summed E-state index contributed by atoms with van der Waals surface area (Å²) in [5, 5.41) is 23.3. The molecule has 0 aliphatic rings. The van der Waals surface area contributed by atoms with Crippen LogP contribution in [0, 0.1) is 5.82 Å². The summed E-state index contributed by atoms with van der Waals surface area (Å²) >= 11 is 0. The van der Waals surface area contributed by atoms with E-state index in [2.05, 4.69) is 19.2 Å². The molecule has 3 N–H and O–H groups in total. The van der Waals surface area contributed by atoms with Crippen LogP contribution in [0.1, 0.15) is 67.7 Å². The highest BCUT2D eigenvalue weighted by atomic mass is 19.1. The van der Waals surface area contributed by atoms with Gasteiger partial charge in [-0.05, 0) is 61.6 Å². The number of carbonyl (C=O) groups excluding carboxylic acids is 1. The quantitative estimate of drug-likeness (QED) is 0.383. The maximum atomic E-state index is 13.6. The molecule has 34 heavy (non-hydrogen) atoms. The summed E-state index contributed by atoms with van der Waals surface area (Å²) in [6.45, 7) is 6.73. The molecule has 3 rings (SSSR count). The number of halogens is 1. The lowest BCUT2D eigenvalue weighted by Gasteiger charge is -2.19. The van der Waals surface area contributed by atoms with Crippen LogP contribution < -0.4 is 5.32 Å². The minimum Gasteiger partial charge on any atom is -0.393 e. The van der Waals surface area contributed by atoms with Crippen LogP contribution in [0.25, 0.3) is 11.4 Å². The number of aliphatic hydroxyl groups excluding tert-OH is 2. The van der Waals surface area contributed by atoms with E-state index in [0.29, 0.717) is 37.2 Å². The van der Waals surface area contributed by atoms with E-state index in [1.165, 1.54) is 12.1 Å². The molecule has 0 radical (unpaired) electrons. The molecule has 2 atom stereocenters. The minimum absolute atomic E-state index is 0.101. The topological polar surface area (TPSA) is 87.4 Å². The first kappa shape index (κ1) is 25.6. The Balaban J connectivity index is 1.91. The van der Waals surface area contributed by atoms with Crippen LogP contribution in [0.15, 0.2) is 54.6 Å². The molecule has 0 saturated heterocycles. The normalized spacial score (nSPS) is 13.1. The second kappa shape index (κ2) is 11.9. The largest absolute Gasteiger partial charge is 0.393 e. The first-order valence-corrected chi connectivity index (χ1v) is 11.8. The molecule has 0 bridgehead atoms. The number of benzene rings is 2. The molecule has 0 saturated carbocycles. The number of nitrogens with zero attached hydrogens (tertiary/aromatic N) is 2. The number of aliphatic hydroxyl groups is 2. The highest BCUT2D eigenvalue weighted by molar-refractivity contribution is 5.94. The Bertz CT molecular complexity index is 1060. The van der Waals surface area contributed by atoms with Crippen molar-refractivity contribution >= 4 is 5.91 Å². The molecule has 0 spiro atoms. The standard InChI is InChI=1S/C27H34FN3O3/c1-4-22(32)16-23(33)14-15-31-25(18(2)3)24(17-29-27(34)20-8-6-5-7-9-20)30-26(31)19-10-12-21(28)13-11-19/h5-13,18,22-23,32-33H,4,14-17H2,1-3H3,(H,29,34). The van der Waals surface area contributed by atoms with Crippen LogP contribution >= 0.6 is 0 Å². The molecule has 1 amide bonds. The predicted molar refractivity (Wildman–Crippen MR) is 131 cm³/mol. The molecule has 1 heterocycles. The Hall–Kier alpha value is -3.03. The van der Waals surface area contributed by atoms with Gasteiger partial charge in [0.05, 0.1) is 24.4 Å². The van der Waals surface area contributed by atoms with Gasteiger partial charge >= 0.3 is 0 Å². The molecule has 2 aromatic carbocycles. The third-order valence-electron chi connectivity index (χ3n) is 5.89. The van der Waals surface area contributed by atoms with Crippen LogP contribution in [-0.2, 0) is 13.1 Å². The Labute approximate surface area is 200 Å². The highest BCUT2D eigenvalue weighted by Crippen LogP contribution is 2.29. The van der Waals surface area contributed by atoms with Crippen molar-refractivity contribution < 1.29 is 19.4 Å². The lowest BCUT2D eigenvalue weighted by molar-refractivity contribution is 0.0711. The van der Waals surface area contributed by atoms with Gasteiger partial charge in [-0.25, -0.2) is 9.37 Å². The number of hydrogen-bond acceptors (Lipinski definition) is 4. The first-order valence-electron chi connectivity index (χ1n) is 11.8. The van der Waals surface area contributed by atoms with Gasteiger partial charge < -0.3 is 20.1 Å². The average Bonchev–Trinajstić information content (AvgIpc) is 3.20. The molecular weight excluding hydrogens is 433 g/mol.